The van der Waals surface area contributed by atoms with E-state index in [0.29, 0.717) is 54.5 Å². The number of aromatic amines is 1. The lowest BCUT2D eigenvalue weighted by Crippen LogP contribution is -2.60. The number of nitrogens with zero attached hydrogens (tertiary/aromatic N) is 5. The van der Waals surface area contributed by atoms with Crippen LogP contribution in [0, 0.1) is 5.92 Å². The number of urea groups is 1. The summed E-state index contributed by atoms with van der Waals surface area (Å²) >= 11 is 0. The van der Waals surface area contributed by atoms with Crippen LogP contribution < -0.4 is 25.6 Å². The van der Waals surface area contributed by atoms with Crippen molar-refractivity contribution in [1.29, 1.82) is 0 Å². The second-order valence-electron chi connectivity index (χ2n) is 15.0. The standard InChI is InChI=1S/C41H48F3N9O6.2ClH.H2O/c1-23(2)35(50-40(57)58-6)38(55)51-17-7-8-32(51)36-47-20-31(49-36)27-11-9-26(10-12-27)30-15-14-29(18-33(30)59-41(42,43)44)48-37(54)28-13-16-34(46-19-28)52-21-25(4)53(22-24(52)3)39(56)45-5;;;/h9-16,18-20,23-25,32,35H,7-8,17,21-22H2,1-6H3,(H,45,56)(H,47,49)(H,48,54)(H,50,57);2*1H;1H2/t24-,25+,32?,35+;;;/m1.../s1. The molecule has 2 aromatic heterocycles. The zero-order chi connectivity index (χ0) is 42.6. The first-order valence-corrected chi connectivity index (χ1v) is 19.3. The van der Waals surface area contributed by atoms with Gasteiger partial charge in [-0.05, 0) is 62.4 Å². The van der Waals surface area contributed by atoms with Gasteiger partial charge in [-0.3, -0.25) is 9.59 Å². The third-order valence-electron chi connectivity index (χ3n) is 10.6. The summed E-state index contributed by atoms with van der Waals surface area (Å²) in [7, 11) is 2.83. The van der Waals surface area contributed by atoms with Gasteiger partial charge in [0.25, 0.3) is 5.91 Å². The van der Waals surface area contributed by atoms with Crippen molar-refractivity contribution in [3.05, 3.63) is 78.4 Å². The van der Waals surface area contributed by atoms with Gasteiger partial charge in [0.2, 0.25) is 5.91 Å². The lowest BCUT2D eigenvalue weighted by Gasteiger charge is -2.44. The minimum atomic E-state index is -5.01. The Balaban J connectivity index is 0.00000341. The third kappa shape index (κ3) is 11.6. The number of carbonyl (C=O) groups is 4. The number of H-pyrrole nitrogens is 1. The summed E-state index contributed by atoms with van der Waals surface area (Å²) in [6.07, 6.45) is -1.18. The van der Waals surface area contributed by atoms with Gasteiger partial charge in [0.05, 0.1) is 24.4 Å². The molecule has 2 fully saturated rings. The fraction of sp³-hybridized carbons (Fsp3) is 0.415. The van der Waals surface area contributed by atoms with Gasteiger partial charge < -0.3 is 50.6 Å². The predicted molar refractivity (Wildman–Crippen MR) is 232 cm³/mol. The molecule has 2 saturated heterocycles. The zero-order valence-electron chi connectivity index (χ0n) is 34.9. The SMILES string of the molecule is CNC(=O)N1C[C@@H](C)N(c2ccc(C(=O)Nc3ccc(-c4ccc(-c5c[nH]c(C6CCCN6C(=O)[C@@H](NC(=O)OC)C(C)C)n5)cc4)c(OC(F)(F)F)c3)cn2)C[C@@H]1C.Cl.Cl.O. The van der Waals surface area contributed by atoms with E-state index in [2.05, 4.69) is 35.6 Å². The van der Waals surface area contributed by atoms with Crippen molar-refractivity contribution in [3.63, 3.8) is 0 Å². The monoisotopic (exact) mass is 909 g/mol. The average molecular weight is 911 g/mol. The van der Waals surface area contributed by atoms with Crippen LogP contribution in [0.3, 0.4) is 0 Å². The quantitative estimate of drug-likeness (QED) is 0.135. The molecule has 0 aliphatic carbocycles. The molecule has 6 rings (SSSR count). The number of piperazine rings is 1. The van der Waals surface area contributed by atoms with Gasteiger partial charge in [0.1, 0.15) is 23.4 Å². The molecule has 4 atom stereocenters. The molecular formula is C41H52Cl2F3N9O7. The molecule has 2 aliphatic rings. The van der Waals surface area contributed by atoms with Gasteiger partial charge in [-0.2, -0.15) is 0 Å². The number of ether oxygens (including phenoxy) is 2. The summed E-state index contributed by atoms with van der Waals surface area (Å²) in [6.45, 7) is 9.12. The molecule has 6 N–H and O–H groups in total. The normalized spacial score (nSPS) is 17.8. The molecule has 16 nitrogen and oxygen atoms in total. The van der Waals surface area contributed by atoms with Crippen molar-refractivity contribution in [3.8, 4) is 28.1 Å². The lowest BCUT2D eigenvalue weighted by atomic mass is 10.0. The van der Waals surface area contributed by atoms with E-state index in [1.807, 2.05) is 27.7 Å². The number of hydrogen-bond donors (Lipinski definition) is 4. The minimum Gasteiger partial charge on any atom is -0.453 e. The Kier molecular flexibility index (Phi) is 17.4. The van der Waals surface area contributed by atoms with Crippen molar-refractivity contribution in [2.45, 2.75) is 71.1 Å². The number of benzene rings is 2. The second kappa shape index (κ2) is 21.3. The van der Waals surface area contributed by atoms with E-state index >= 15 is 0 Å². The first-order chi connectivity index (χ1) is 28.1. The van der Waals surface area contributed by atoms with E-state index in [0.717, 1.165) is 12.5 Å². The van der Waals surface area contributed by atoms with Gasteiger partial charge in [0.15, 0.2) is 0 Å². The fourth-order valence-electron chi connectivity index (χ4n) is 7.48. The molecule has 2 aliphatic heterocycles. The molecule has 0 radical (unpaired) electrons. The number of anilines is 2. The Bertz CT molecular complexity index is 2160. The number of aromatic nitrogens is 3. The summed E-state index contributed by atoms with van der Waals surface area (Å²) in [5.41, 5.74) is 2.08. The van der Waals surface area contributed by atoms with Crippen molar-refractivity contribution < 1.29 is 47.3 Å². The largest absolute Gasteiger partial charge is 0.573 e. The summed E-state index contributed by atoms with van der Waals surface area (Å²) in [6, 6.07) is 12.7. The van der Waals surface area contributed by atoms with E-state index < -0.39 is 30.2 Å². The Morgan fingerprint density at radius 2 is 1.63 bits per heavy atom. The number of hydrogen-bond acceptors (Lipinski definition) is 9. The minimum absolute atomic E-state index is 0. The number of likely N-dealkylation sites (tertiary alicyclic amines) is 1. The third-order valence-corrected chi connectivity index (χ3v) is 10.6. The van der Waals surface area contributed by atoms with Gasteiger partial charge >= 0.3 is 18.5 Å². The summed E-state index contributed by atoms with van der Waals surface area (Å²) in [5, 5.41) is 7.93. The highest BCUT2D eigenvalue weighted by Gasteiger charge is 2.38. The molecule has 21 heteroatoms. The van der Waals surface area contributed by atoms with Gasteiger partial charge in [-0.1, -0.05) is 38.1 Å². The first-order valence-electron chi connectivity index (χ1n) is 19.3. The van der Waals surface area contributed by atoms with Gasteiger partial charge in [0, 0.05) is 74.0 Å². The van der Waals surface area contributed by atoms with Gasteiger partial charge in [-0.25, -0.2) is 19.6 Å². The molecular weight excluding hydrogens is 858 g/mol. The maximum Gasteiger partial charge on any atom is 0.573 e. The van der Waals surface area contributed by atoms with Crippen LogP contribution in [0.2, 0.25) is 0 Å². The smallest absolute Gasteiger partial charge is 0.453 e. The number of alkyl halides is 3. The highest BCUT2D eigenvalue weighted by atomic mass is 35.5. The van der Waals surface area contributed by atoms with E-state index in [-0.39, 0.29) is 83.1 Å². The Morgan fingerprint density at radius 3 is 2.24 bits per heavy atom. The van der Waals surface area contributed by atoms with Crippen LogP contribution in [0.4, 0.5) is 34.3 Å². The lowest BCUT2D eigenvalue weighted by molar-refractivity contribution is -0.274. The zero-order valence-corrected chi connectivity index (χ0v) is 36.5. The average Bonchev–Trinajstić information content (AvgIpc) is 3.90. The summed E-state index contributed by atoms with van der Waals surface area (Å²) in [4.78, 5) is 68.8. The van der Waals surface area contributed by atoms with Crippen LogP contribution in [0.1, 0.15) is 62.8 Å². The molecule has 62 heavy (non-hydrogen) atoms. The van der Waals surface area contributed by atoms with Crippen molar-refractivity contribution in [1.82, 2.24) is 35.4 Å². The number of nitrogens with one attached hydrogen (secondary N) is 4. The highest BCUT2D eigenvalue weighted by Crippen LogP contribution is 2.38. The molecule has 4 aromatic rings. The Labute approximate surface area is 369 Å². The number of imidazole rings is 1. The van der Waals surface area contributed by atoms with Crippen LogP contribution in [0.5, 0.6) is 5.75 Å². The van der Waals surface area contributed by atoms with Crippen LogP contribution >= 0.6 is 24.8 Å². The number of carbonyl (C=O) groups excluding carboxylic acids is 4. The number of halogens is 5. The number of alkyl carbamates (subject to hydrolysis) is 1. The Morgan fingerprint density at radius 1 is 0.935 bits per heavy atom. The van der Waals surface area contributed by atoms with Crippen molar-refractivity contribution >= 4 is 60.3 Å². The molecule has 1 unspecified atom stereocenters. The van der Waals surface area contributed by atoms with Crippen LogP contribution in [0.25, 0.3) is 22.4 Å². The number of pyridine rings is 1. The van der Waals surface area contributed by atoms with Crippen LogP contribution in [-0.4, -0.2) is 112 Å². The van der Waals surface area contributed by atoms with Gasteiger partial charge in [-0.15, -0.1) is 38.0 Å². The Hall–Kier alpha value is -5.79. The van der Waals surface area contributed by atoms with E-state index in [1.54, 1.807) is 59.4 Å². The van der Waals surface area contributed by atoms with E-state index in [4.69, 9.17) is 9.72 Å². The van der Waals surface area contributed by atoms with E-state index in [1.165, 1.54) is 25.4 Å². The van der Waals surface area contributed by atoms with E-state index in [9.17, 15) is 32.3 Å². The van der Waals surface area contributed by atoms with Crippen molar-refractivity contribution in [2.75, 3.05) is 44.0 Å². The first kappa shape index (κ1) is 50.6. The van der Waals surface area contributed by atoms with Crippen LogP contribution in [0.15, 0.2) is 67.0 Å². The summed E-state index contributed by atoms with van der Waals surface area (Å²) < 4.78 is 50.1. The number of amides is 5. The highest BCUT2D eigenvalue weighted by molar-refractivity contribution is 6.04. The second-order valence-corrected chi connectivity index (χ2v) is 15.0. The number of methoxy groups -OCH3 is 1. The predicted octanol–water partition coefficient (Wildman–Crippen LogP) is 6.59. The van der Waals surface area contributed by atoms with Crippen LogP contribution in [-0.2, 0) is 9.53 Å². The molecule has 2 aromatic carbocycles. The molecule has 0 saturated carbocycles. The summed E-state index contributed by atoms with van der Waals surface area (Å²) in [5.74, 6) is -0.310. The maximum atomic E-state index is 13.7. The maximum absolute atomic E-state index is 13.7. The molecule has 5 amide bonds. The number of rotatable bonds is 10. The molecule has 0 bridgehead atoms. The topological polar surface area (TPSA) is 206 Å². The molecule has 338 valence electrons. The molecule has 0 spiro atoms. The molecule has 4 heterocycles. The van der Waals surface area contributed by atoms with Crippen molar-refractivity contribution in [2.24, 2.45) is 5.92 Å². The fourth-order valence-corrected chi connectivity index (χ4v) is 7.48.